The Bertz CT molecular complexity index is 464. The van der Waals surface area contributed by atoms with Gasteiger partial charge >= 0.3 is 29.6 Å². The number of hydrogen-bond donors (Lipinski definition) is 1. The third kappa shape index (κ3) is 5.60. The first-order valence-corrected chi connectivity index (χ1v) is 7.77. The van der Waals surface area contributed by atoms with E-state index in [1.54, 1.807) is 24.3 Å². The summed E-state index contributed by atoms with van der Waals surface area (Å²) in [7, 11) is -4.21. The van der Waals surface area contributed by atoms with Gasteiger partial charge in [-0.05, 0) is 17.9 Å². The van der Waals surface area contributed by atoms with E-state index in [1.165, 1.54) is 0 Å². The first-order chi connectivity index (χ1) is 8.56. The summed E-state index contributed by atoms with van der Waals surface area (Å²) in [5.41, 5.74) is -1.58. The van der Waals surface area contributed by atoms with Crippen LogP contribution in [0.4, 0.5) is 0 Å². The molecule has 0 aromatic carbocycles. The van der Waals surface area contributed by atoms with E-state index in [9.17, 15) is 18.1 Å². The van der Waals surface area contributed by atoms with Crippen molar-refractivity contribution in [3.05, 3.63) is 24.3 Å². The molecular weight excluding hydrogens is 291 g/mol. The Kier molecular flexibility index (Phi) is 7.65. The summed E-state index contributed by atoms with van der Waals surface area (Å²) in [4.78, 5) is 0. The van der Waals surface area contributed by atoms with E-state index in [-0.39, 0.29) is 42.6 Å². The van der Waals surface area contributed by atoms with Crippen LogP contribution in [0.1, 0.15) is 27.2 Å². The summed E-state index contributed by atoms with van der Waals surface area (Å²) < 4.78 is 37.0. The zero-order valence-corrected chi connectivity index (χ0v) is 15.3. The summed E-state index contributed by atoms with van der Waals surface area (Å²) in [6.07, 6.45) is 6.52. The van der Waals surface area contributed by atoms with E-state index in [0.717, 1.165) is 0 Å². The molecule has 2 unspecified atom stereocenters. The van der Waals surface area contributed by atoms with Gasteiger partial charge < -0.3 is 14.4 Å². The maximum absolute atomic E-state index is 10.7. The molecule has 0 aromatic rings. The van der Waals surface area contributed by atoms with Crippen molar-refractivity contribution < 1.29 is 52.4 Å². The fourth-order valence-corrected chi connectivity index (χ4v) is 2.39. The Morgan fingerprint density at radius 3 is 2.45 bits per heavy atom. The van der Waals surface area contributed by atoms with Crippen LogP contribution in [0.3, 0.4) is 0 Å². The van der Waals surface area contributed by atoms with Crippen LogP contribution >= 0.6 is 0 Å². The molecule has 0 radical (unpaired) electrons. The summed E-state index contributed by atoms with van der Waals surface area (Å²) in [6.45, 7) is 5.81. The van der Waals surface area contributed by atoms with E-state index >= 15 is 0 Å². The summed E-state index contributed by atoms with van der Waals surface area (Å²) in [5.74, 6) is -0.451. The molecule has 7 heteroatoms. The number of aliphatic hydroxyl groups is 1. The van der Waals surface area contributed by atoms with Gasteiger partial charge in [0.25, 0.3) is 0 Å². The van der Waals surface area contributed by atoms with Gasteiger partial charge in [-0.25, -0.2) is 8.42 Å². The molecule has 0 bridgehead atoms. The van der Waals surface area contributed by atoms with Gasteiger partial charge in [0.05, 0.1) is 10.1 Å². The molecule has 0 aliphatic heterocycles. The maximum atomic E-state index is 10.7. The van der Waals surface area contributed by atoms with Crippen molar-refractivity contribution in [1.82, 2.24) is 0 Å². The zero-order chi connectivity index (χ0) is 14.7. The van der Waals surface area contributed by atoms with E-state index in [0.29, 0.717) is 0 Å². The van der Waals surface area contributed by atoms with Gasteiger partial charge in [0.15, 0.2) is 0 Å². The quantitative estimate of drug-likeness (QED) is 0.368. The number of allylic oxidation sites excluding steroid dienone is 2. The normalized spacial score (nSPS) is 26.4. The molecule has 0 fully saturated rings. The molecule has 0 spiro atoms. The monoisotopic (exact) mass is 312 g/mol. The molecule has 0 aromatic heterocycles. The average molecular weight is 312 g/mol. The number of hydrogen-bond acceptors (Lipinski definition) is 5. The third-order valence-electron chi connectivity index (χ3n) is 3.22. The van der Waals surface area contributed by atoms with E-state index in [4.69, 9.17) is 4.74 Å². The van der Waals surface area contributed by atoms with Crippen molar-refractivity contribution in [3.63, 3.8) is 0 Å². The van der Waals surface area contributed by atoms with Gasteiger partial charge in [0, 0.05) is 12.4 Å². The number of rotatable bonds is 5. The molecule has 1 N–H and O–H groups in total. The molecule has 5 nitrogen and oxygen atoms in total. The summed E-state index contributed by atoms with van der Waals surface area (Å²) >= 11 is 0. The number of ether oxygens (including phenoxy) is 1. The third-order valence-corrected chi connectivity index (χ3v) is 4.01. The second kappa shape index (κ2) is 7.54. The Morgan fingerprint density at radius 1 is 1.35 bits per heavy atom. The minimum atomic E-state index is -4.21. The van der Waals surface area contributed by atoms with Gasteiger partial charge in [-0.1, -0.05) is 39.0 Å². The molecule has 0 amide bonds. The second-order valence-corrected chi connectivity index (χ2v) is 7.25. The van der Waals surface area contributed by atoms with Crippen LogP contribution in [0.15, 0.2) is 24.3 Å². The average Bonchev–Trinajstić information content (AvgIpc) is 2.23. The topological polar surface area (TPSA) is 86.7 Å². The van der Waals surface area contributed by atoms with Gasteiger partial charge in [-0.2, -0.15) is 0 Å². The van der Waals surface area contributed by atoms with Crippen LogP contribution in [0.2, 0.25) is 0 Å². The molecule has 1 rings (SSSR count). The molecule has 0 saturated carbocycles. The Hall–Kier alpha value is 0.310. The molecule has 1 aliphatic carbocycles. The van der Waals surface area contributed by atoms with Crippen molar-refractivity contribution in [2.75, 3.05) is 12.4 Å². The Morgan fingerprint density at radius 2 is 1.95 bits per heavy atom. The zero-order valence-electron chi connectivity index (χ0n) is 12.5. The van der Waals surface area contributed by atoms with Gasteiger partial charge in [-0.3, -0.25) is 0 Å². The van der Waals surface area contributed by atoms with Gasteiger partial charge in [-0.15, -0.1) is 0 Å². The molecule has 0 heterocycles. The van der Waals surface area contributed by atoms with E-state index in [1.807, 2.05) is 20.8 Å². The van der Waals surface area contributed by atoms with E-state index in [2.05, 4.69) is 0 Å². The predicted molar refractivity (Wildman–Crippen MR) is 71.6 cm³/mol. The van der Waals surface area contributed by atoms with Crippen molar-refractivity contribution in [1.29, 1.82) is 0 Å². The van der Waals surface area contributed by atoms with Crippen LogP contribution in [-0.2, 0) is 14.9 Å². The molecule has 20 heavy (non-hydrogen) atoms. The fourth-order valence-electron chi connectivity index (χ4n) is 1.91. The van der Waals surface area contributed by atoms with Crippen LogP contribution in [-0.4, -0.2) is 42.1 Å². The maximum Gasteiger partial charge on any atom is 1.00 e. The molecule has 110 valence electrons. The van der Waals surface area contributed by atoms with Crippen molar-refractivity contribution in [3.8, 4) is 0 Å². The first-order valence-electron chi connectivity index (χ1n) is 6.20. The van der Waals surface area contributed by atoms with Crippen LogP contribution in [0.25, 0.3) is 0 Å². The standard InChI is InChI=1S/C13H22O5S.Na/c1-12(2,3)13(14)8-5-4-7-11(13)18-9-6-10-19(15,16)17;/h4-5,7-8,11,14H,6,9-10H2,1-3H3,(H,15,16,17);/q;+1/p-1. The minimum absolute atomic E-state index is 0. The van der Waals surface area contributed by atoms with E-state index < -0.39 is 33.0 Å². The minimum Gasteiger partial charge on any atom is -0.748 e. The van der Waals surface area contributed by atoms with Crippen molar-refractivity contribution in [2.24, 2.45) is 5.41 Å². The predicted octanol–water partition coefficient (Wildman–Crippen LogP) is -1.79. The van der Waals surface area contributed by atoms with Crippen LogP contribution in [0.5, 0.6) is 0 Å². The Labute approximate surface area is 143 Å². The Balaban J connectivity index is 0.00000361. The SMILES string of the molecule is CC(C)(C)C1(O)C=CC=CC1OCCCS(=O)(=O)[O-].[Na+]. The molecule has 1 aliphatic rings. The molecule has 0 saturated heterocycles. The van der Waals surface area contributed by atoms with Crippen LogP contribution < -0.4 is 29.6 Å². The molecule has 2 atom stereocenters. The first kappa shape index (κ1) is 20.3. The largest absolute Gasteiger partial charge is 1.00 e. The fraction of sp³-hybridized carbons (Fsp3) is 0.692. The van der Waals surface area contributed by atoms with Crippen molar-refractivity contribution in [2.45, 2.75) is 38.9 Å². The second-order valence-electron chi connectivity index (χ2n) is 5.73. The molecular formula is C13H21NaO5S. The summed E-state index contributed by atoms with van der Waals surface area (Å²) in [5, 5.41) is 10.7. The van der Waals surface area contributed by atoms with Gasteiger partial charge in [0.1, 0.15) is 11.7 Å². The van der Waals surface area contributed by atoms with Crippen LogP contribution in [0, 0.1) is 5.41 Å². The van der Waals surface area contributed by atoms with Crippen molar-refractivity contribution >= 4 is 10.1 Å². The smallest absolute Gasteiger partial charge is 0.748 e. The van der Waals surface area contributed by atoms with Gasteiger partial charge in [0.2, 0.25) is 0 Å². The summed E-state index contributed by atoms with van der Waals surface area (Å²) in [6, 6.07) is 0.